The molecule has 7 heteroatoms. The average Bonchev–Trinajstić information content (AvgIpc) is 3.03. The molecule has 6 nitrogen and oxygen atoms in total. The highest BCUT2D eigenvalue weighted by atomic mass is 32.2. The maximum atomic E-state index is 12.9. The number of hydrogen-bond acceptors (Lipinski definition) is 4. The van der Waals surface area contributed by atoms with Crippen LogP contribution in [0, 0.1) is 13.8 Å². The molecule has 1 N–H and O–H groups in total. The number of nitrogens with one attached hydrogen (secondary N) is 1. The zero-order chi connectivity index (χ0) is 19.2. The van der Waals surface area contributed by atoms with Crippen LogP contribution in [0.15, 0.2) is 41.3 Å². The summed E-state index contributed by atoms with van der Waals surface area (Å²) in [5, 5.41) is 2.84. The number of aryl methyl sites for hydroxylation is 2. The fourth-order valence-corrected chi connectivity index (χ4v) is 5.13. The zero-order valence-electron chi connectivity index (χ0n) is 15.5. The smallest absolute Gasteiger partial charge is 0.243 e. The summed E-state index contributed by atoms with van der Waals surface area (Å²) in [7, 11) is -3.47. The van der Waals surface area contributed by atoms with Gasteiger partial charge in [0.2, 0.25) is 15.9 Å². The van der Waals surface area contributed by atoms with E-state index in [1.165, 1.54) is 0 Å². The van der Waals surface area contributed by atoms with Crippen molar-refractivity contribution in [3.05, 3.63) is 53.1 Å². The van der Waals surface area contributed by atoms with Gasteiger partial charge in [0, 0.05) is 37.6 Å². The van der Waals surface area contributed by atoms with Crippen molar-refractivity contribution in [2.45, 2.75) is 25.2 Å². The molecule has 2 aromatic rings. The first-order valence-corrected chi connectivity index (χ1v) is 10.5. The van der Waals surface area contributed by atoms with Crippen LogP contribution in [0.5, 0.6) is 0 Å². The second-order valence-electron chi connectivity index (χ2n) is 7.20. The molecule has 27 heavy (non-hydrogen) atoms. The molecule has 2 aliphatic rings. The van der Waals surface area contributed by atoms with E-state index in [0.29, 0.717) is 37.5 Å². The molecule has 0 radical (unpaired) electrons. The predicted octanol–water partition coefficient (Wildman–Crippen LogP) is 2.31. The van der Waals surface area contributed by atoms with Gasteiger partial charge in [-0.25, -0.2) is 8.42 Å². The fourth-order valence-electron chi connectivity index (χ4n) is 3.62. The number of carbonyl (C=O) groups is 1. The third-order valence-corrected chi connectivity index (χ3v) is 7.33. The van der Waals surface area contributed by atoms with Crippen molar-refractivity contribution >= 4 is 27.3 Å². The van der Waals surface area contributed by atoms with Crippen LogP contribution in [-0.2, 0) is 21.2 Å². The molecule has 2 aromatic carbocycles. The topological polar surface area (TPSA) is 69.7 Å². The summed E-state index contributed by atoms with van der Waals surface area (Å²) in [6.45, 7) is 6.06. The molecule has 0 aliphatic carbocycles. The molecule has 142 valence electrons. The molecular weight excluding hydrogens is 362 g/mol. The van der Waals surface area contributed by atoms with E-state index in [9.17, 15) is 13.2 Å². The monoisotopic (exact) mass is 385 g/mol. The molecule has 1 fully saturated rings. The van der Waals surface area contributed by atoms with Crippen LogP contribution in [-0.4, -0.2) is 44.8 Å². The summed E-state index contributed by atoms with van der Waals surface area (Å²) in [6, 6.07) is 11.2. The minimum atomic E-state index is -3.47. The first-order valence-electron chi connectivity index (χ1n) is 9.10. The van der Waals surface area contributed by atoms with Crippen LogP contribution in [0.2, 0.25) is 0 Å². The summed E-state index contributed by atoms with van der Waals surface area (Å²) < 4.78 is 27.5. The van der Waals surface area contributed by atoms with Crippen LogP contribution >= 0.6 is 0 Å². The Bertz CT molecular complexity index is 1010. The highest BCUT2D eigenvalue weighted by Gasteiger charge is 2.29. The molecule has 1 saturated heterocycles. The molecule has 0 unspecified atom stereocenters. The van der Waals surface area contributed by atoms with Crippen LogP contribution in [0.4, 0.5) is 11.4 Å². The van der Waals surface area contributed by atoms with Crippen LogP contribution in [0.3, 0.4) is 0 Å². The van der Waals surface area contributed by atoms with Crippen molar-refractivity contribution < 1.29 is 13.2 Å². The quantitative estimate of drug-likeness (QED) is 0.880. The van der Waals surface area contributed by atoms with Gasteiger partial charge in [0.1, 0.15) is 0 Å². The molecule has 0 saturated carbocycles. The number of rotatable bonds is 3. The summed E-state index contributed by atoms with van der Waals surface area (Å²) in [6.07, 6.45) is 0.407. The number of amides is 1. The Morgan fingerprint density at radius 3 is 2.37 bits per heavy atom. The first-order chi connectivity index (χ1) is 12.8. The molecule has 0 spiro atoms. The highest BCUT2D eigenvalue weighted by Crippen LogP contribution is 2.29. The second-order valence-corrected chi connectivity index (χ2v) is 9.14. The average molecular weight is 385 g/mol. The molecular formula is C20H23N3O3S. The summed E-state index contributed by atoms with van der Waals surface area (Å²) in [4.78, 5) is 14.1. The van der Waals surface area contributed by atoms with Crippen molar-refractivity contribution in [3.63, 3.8) is 0 Å². The fraction of sp³-hybridized carbons (Fsp3) is 0.350. The van der Waals surface area contributed by atoms with Gasteiger partial charge < -0.3 is 10.2 Å². The number of carbonyl (C=O) groups excluding carboxylic acids is 1. The van der Waals surface area contributed by atoms with E-state index in [1.807, 2.05) is 38.1 Å². The van der Waals surface area contributed by atoms with E-state index < -0.39 is 10.0 Å². The second kappa shape index (κ2) is 6.65. The lowest BCUT2D eigenvalue weighted by molar-refractivity contribution is -0.115. The largest absolute Gasteiger partial charge is 0.369 e. The molecule has 2 aliphatic heterocycles. The van der Waals surface area contributed by atoms with E-state index in [1.54, 1.807) is 16.4 Å². The van der Waals surface area contributed by atoms with Crippen molar-refractivity contribution in [3.8, 4) is 0 Å². The van der Waals surface area contributed by atoms with Crippen LogP contribution < -0.4 is 10.2 Å². The minimum Gasteiger partial charge on any atom is -0.369 e. The van der Waals surface area contributed by atoms with Gasteiger partial charge in [0.15, 0.2) is 0 Å². The number of sulfonamides is 1. The summed E-state index contributed by atoms with van der Waals surface area (Å²) in [5.74, 6) is 0.0199. The Kier molecular flexibility index (Phi) is 4.44. The minimum absolute atomic E-state index is 0.0199. The van der Waals surface area contributed by atoms with Gasteiger partial charge in [-0.05, 0) is 60.9 Å². The Labute approximate surface area is 159 Å². The Hall–Kier alpha value is -2.38. The highest BCUT2D eigenvalue weighted by molar-refractivity contribution is 7.89. The van der Waals surface area contributed by atoms with E-state index in [4.69, 9.17) is 0 Å². The lowest BCUT2D eigenvalue weighted by Gasteiger charge is -2.35. The molecule has 0 aromatic heterocycles. The molecule has 0 bridgehead atoms. The lowest BCUT2D eigenvalue weighted by Crippen LogP contribution is -2.48. The Balaban J connectivity index is 1.48. The van der Waals surface area contributed by atoms with Gasteiger partial charge in [-0.15, -0.1) is 0 Å². The number of anilines is 2. The van der Waals surface area contributed by atoms with Crippen molar-refractivity contribution in [2.75, 3.05) is 36.4 Å². The van der Waals surface area contributed by atoms with E-state index in [0.717, 1.165) is 28.1 Å². The number of piperazine rings is 1. The molecule has 2 heterocycles. The number of fused-ring (bicyclic) bond motifs is 1. The van der Waals surface area contributed by atoms with Gasteiger partial charge in [-0.3, -0.25) is 4.79 Å². The molecule has 0 atom stereocenters. The third-order valence-electron chi connectivity index (χ3n) is 5.43. The normalized spacial score (nSPS) is 17.7. The number of hydrogen-bond donors (Lipinski definition) is 1. The maximum Gasteiger partial charge on any atom is 0.243 e. The SMILES string of the molecule is Cc1ccc(S(=O)(=O)N2CCN(c3ccc4c(c3)CC(=O)N4)CC2)cc1C. The maximum absolute atomic E-state index is 12.9. The summed E-state index contributed by atoms with van der Waals surface area (Å²) in [5.41, 5.74) is 4.98. The van der Waals surface area contributed by atoms with Crippen molar-refractivity contribution in [2.24, 2.45) is 0 Å². The number of nitrogens with zero attached hydrogens (tertiary/aromatic N) is 2. The predicted molar refractivity (Wildman–Crippen MR) is 106 cm³/mol. The standard InChI is InChI=1S/C20H23N3O3S/c1-14-3-5-18(11-15(14)2)27(25,26)23-9-7-22(8-10-23)17-4-6-19-16(12-17)13-20(24)21-19/h3-6,11-12H,7-10,13H2,1-2H3,(H,21,24). The molecule has 1 amide bonds. The van der Waals surface area contributed by atoms with Gasteiger partial charge >= 0.3 is 0 Å². The van der Waals surface area contributed by atoms with Crippen molar-refractivity contribution in [1.29, 1.82) is 0 Å². The van der Waals surface area contributed by atoms with E-state index in [2.05, 4.69) is 10.2 Å². The van der Waals surface area contributed by atoms with Gasteiger partial charge in [-0.2, -0.15) is 4.31 Å². The van der Waals surface area contributed by atoms with Crippen molar-refractivity contribution in [1.82, 2.24) is 4.31 Å². The van der Waals surface area contributed by atoms with Crippen LogP contribution in [0.25, 0.3) is 0 Å². The molecule has 4 rings (SSSR count). The Morgan fingerprint density at radius 1 is 0.926 bits per heavy atom. The Morgan fingerprint density at radius 2 is 1.67 bits per heavy atom. The van der Waals surface area contributed by atoms with Gasteiger partial charge in [0.05, 0.1) is 11.3 Å². The summed E-state index contributed by atoms with van der Waals surface area (Å²) >= 11 is 0. The third kappa shape index (κ3) is 3.33. The van der Waals surface area contributed by atoms with Gasteiger partial charge in [0.25, 0.3) is 0 Å². The lowest BCUT2D eigenvalue weighted by atomic mass is 10.1. The zero-order valence-corrected chi connectivity index (χ0v) is 16.3. The van der Waals surface area contributed by atoms with Crippen LogP contribution in [0.1, 0.15) is 16.7 Å². The van der Waals surface area contributed by atoms with E-state index in [-0.39, 0.29) is 5.91 Å². The van der Waals surface area contributed by atoms with E-state index >= 15 is 0 Å². The number of benzene rings is 2. The van der Waals surface area contributed by atoms with Gasteiger partial charge in [-0.1, -0.05) is 6.07 Å². The first kappa shape index (κ1) is 18.0.